The molecule has 2 aromatic rings. The SMILES string of the molecule is CC(C)[C@@H]1CN(C2CCN(C3c4ccc(Cl)cc4CCc4cc(Br)cnc43)CC2)CCN1C(=O)CC1CCN(C(N)=O)CC1. The van der Waals surface area contributed by atoms with E-state index in [0.717, 1.165) is 80.7 Å². The van der Waals surface area contributed by atoms with Crippen LogP contribution in [0.2, 0.25) is 5.02 Å². The van der Waals surface area contributed by atoms with Crippen molar-refractivity contribution in [3.8, 4) is 0 Å². The number of aryl methyl sites for hydroxylation is 2. The largest absolute Gasteiger partial charge is 0.351 e. The third-order valence-electron chi connectivity index (χ3n) is 10.6. The van der Waals surface area contributed by atoms with Crippen molar-refractivity contribution in [3.63, 3.8) is 0 Å². The number of nitrogens with zero attached hydrogens (tertiary/aromatic N) is 5. The number of carbonyl (C=O) groups excluding carboxylic acids is 2. The fraction of sp³-hybridized carbons (Fsp3) is 0.618. The maximum absolute atomic E-state index is 13.5. The normalized spacial score (nSPS) is 24.2. The van der Waals surface area contributed by atoms with Crippen LogP contribution in [0.15, 0.2) is 34.9 Å². The van der Waals surface area contributed by atoms with Gasteiger partial charge in [-0.15, -0.1) is 0 Å². The van der Waals surface area contributed by atoms with E-state index in [-0.39, 0.29) is 24.0 Å². The monoisotopic (exact) mass is 684 g/mol. The van der Waals surface area contributed by atoms with E-state index in [4.69, 9.17) is 22.3 Å². The van der Waals surface area contributed by atoms with Gasteiger partial charge in [0.15, 0.2) is 0 Å². The highest BCUT2D eigenvalue weighted by atomic mass is 79.9. The van der Waals surface area contributed by atoms with E-state index in [9.17, 15) is 9.59 Å². The van der Waals surface area contributed by atoms with E-state index in [1.165, 1.54) is 22.4 Å². The summed E-state index contributed by atoms with van der Waals surface area (Å²) in [5.74, 6) is 1.01. The molecule has 10 heteroatoms. The maximum atomic E-state index is 13.5. The summed E-state index contributed by atoms with van der Waals surface area (Å²) in [5, 5.41) is 0.798. The van der Waals surface area contributed by atoms with Crippen molar-refractivity contribution in [1.82, 2.24) is 24.6 Å². The van der Waals surface area contributed by atoms with Crippen LogP contribution in [-0.2, 0) is 17.6 Å². The number of primary amides is 1. The summed E-state index contributed by atoms with van der Waals surface area (Å²) in [6.45, 7) is 10.5. The lowest BCUT2D eigenvalue weighted by Crippen LogP contribution is -2.60. The molecule has 44 heavy (non-hydrogen) atoms. The van der Waals surface area contributed by atoms with Gasteiger partial charge in [0, 0.05) is 80.0 Å². The van der Waals surface area contributed by atoms with Crippen molar-refractivity contribution >= 4 is 39.5 Å². The van der Waals surface area contributed by atoms with Crippen molar-refractivity contribution < 1.29 is 9.59 Å². The number of aromatic nitrogens is 1. The van der Waals surface area contributed by atoms with E-state index in [1.807, 2.05) is 12.3 Å². The van der Waals surface area contributed by atoms with Gasteiger partial charge in [-0.1, -0.05) is 31.5 Å². The van der Waals surface area contributed by atoms with E-state index < -0.39 is 0 Å². The molecule has 1 aromatic carbocycles. The smallest absolute Gasteiger partial charge is 0.314 e. The van der Waals surface area contributed by atoms with Crippen LogP contribution in [0.1, 0.15) is 74.4 Å². The topological polar surface area (TPSA) is 86.0 Å². The number of hydrogen-bond donors (Lipinski definition) is 1. The number of halogens is 2. The first-order valence-electron chi connectivity index (χ1n) is 16.4. The number of fused-ring (bicyclic) bond motifs is 2. The minimum atomic E-state index is -0.352. The first-order valence-corrected chi connectivity index (χ1v) is 17.6. The number of piperidine rings is 2. The van der Waals surface area contributed by atoms with Gasteiger partial charge in [0.05, 0.1) is 11.7 Å². The molecule has 238 valence electrons. The molecule has 8 nitrogen and oxygen atoms in total. The number of urea groups is 1. The maximum Gasteiger partial charge on any atom is 0.314 e. The molecule has 1 aromatic heterocycles. The molecule has 0 radical (unpaired) electrons. The number of nitrogens with two attached hydrogens (primary N) is 1. The highest BCUT2D eigenvalue weighted by Crippen LogP contribution is 2.39. The Balaban J connectivity index is 1.10. The molecule has 3 amide bonds. The average molecular weight is 686 g/mol. The second-order valence-electron chi connectivity index (χ2n) is 13.6. The van der Waals surface area contributed by atoms with E-state index in [0.29, 0.717) is 37.4 Å². The minimum absolute atomic E-state index is 0.140. The molecular weight excluding hydrogens is 640 g/mol. The van der Waals surface area contributed by atoms with E-state index >= 15 is 0 Å². The predicted molar refractivity (Wildman–Crippen MR) is 178 cm³/mol. The molecule has 0 saturated carbocycles. The second-order valence-corrected chi connectivity index (χ2v) is 14.9. The Morgan fingerprint density at radius 2 is 1.70 bits per heavy atom. The average Bonchev–Trinajstić information content (AvgIpc) is 3.17. The van der Waals surface area contributed by atoms with Crippen LogP contribution in [-0.4, -0.2) is 94.4 Å². The lowest BCUT2D eigenvalue weighted by atomic mass is 9.90. The van der Waals surface area contributed by atoms with Gasteiger partial charge >= 0.3 is 6.03 Å². The number of piperazine rings is 1. The van der Waals surface area contributed by atoms with Crippen molar-refractivity contribution in [2.45, 2.75) is 76.9 Å². The van der Waals surface area contributed by atoms with Gasteiger partial charge in [-0.3, -0.25) is 19.6 Å². The van der Waals surface area contributed by atoms with Crippen LogP contribution >= 0.6 is 27.5 Å². The van der Waals surface area contributed by atoms with Crippen molar-refractivity contribution in [2.24, 2.45) is 17.6 Å². The third kappa shape index (κ3) is 6.81. The summed E-state index contributed by atoms with van der Waals surface area (Å²) >= 11 is 10.1. The summed E-state index contributed by atoms with van der Waals surface area (Å²) in [4.78, 5) is 39.2. The quantitative estimate of drug-likeness (QED) is 0.450. The van der Waals surface area contributed by atoms with E-state index in [2.05, 4.69) is 62.7 Å². The second kappa shape index (κ2) is 13.7. The highest BCUT2D eigenvalue weighted by molar-refractivity contribution is 9.10. The van der Waals surface area contributed by atoms with Crippen LogP contribution in [0, 0.1) is 11.8 Å². The number of pyridine rings is 1. The molecule has 3 aliphatic heterocycles. The van der Waals surface area contributed by atoms with Crippen molar-refractivity contribution in [1.29, 1.82) is 0 Å². The zero-order chi connectivity index (χ0) is 31.0. The minimum Gasteiger partial charge on any atom is -0.351 e. The Hall–Kier alpha value is -2.20. The van der Waals surface area contributed by atoms with Gasteiger partial charge in [-0.25, -0.2) is 4.79 Å². The van der Waals surface area contributed by atoms with Gasteiger partial charge in [0.25, 0.3) is 0 Å². The van der Waals surface area contributed by atoms with Crippen molar-refractivity contribution in [2.75, 3.05) is 45.8 Å². The fourth-order valence-corrected chi connectivity index (χ4v) is 8.63. The molecule has 2 N–H and O–H groups in total. The Kier molecular flexibility index (Phi) is 9.86. The summed E-state index contributed by atoms with van der Waals surface area (Å²) < 4.78 is 1.03. The van der Waals surface area contributed by atoms with Gasteiger partial charge < -0.3 is 15.5 Å². The molecule has 0 spiro atoms. The van der Waals surface area contributed by atoms with Crippen LogP contribution in [0.3, 0.4) is 0 Å². The lowest BCUT2D eigenvalue weighted by Gasteiger charge is -2.48. The van der Waals surface area contributed by atoms with E-state index in [1.54, 1.807) is 4.90 Å². The number of benzene rings is 1. The number of rotatable bonds is 5. The molecule has 3 fully saturated rings. The number of amides is 3. The Labute approximate surface area is 275 Å². The van der Waals surface area contributed by atoms with Crippen LogP contribution in [0.5, 0.6) is 0 Å². The first kappa shape index (κ1) is 31.8. The molecule has 1 aliphatic carbocycles. The number of hydrogen-bond acceptors (Lipinski definition) is 5. The van der Waals surface area contributed by atoms with Gasteiger partial charge in [-0.05, 0) is 101 Å². The highest BCUT2D eigenvalue weighted by Gasteiger charge is 2.39. The van der Waals surface area contributed by atoms with Crippen molar-refractivity contribution in [3.05, 3.63) is 62.3 Å². The molecule has 1 unspecified atom stereocenters. The third-order valence-corrected chi connectivity index (χ3v) is 11.3. The Bertz CT molecular complexity index is 1300. The number of carbonyl (C=O) groups is 2. The lowest BCUT2D eigenvalue weighted by molar-refractivity contribution is -0.139. The summed E-state index contributed by atoms with van der Waals surface area (Å²) in [7, 11) is 0. The molecule has 6 rings (SSSR count). The molecule has 2 atom stereocenters. The predicted octanol–water partition coefficient (Wildman–Crippen LogP) is 5.50. The van der Waals surface area contributed by atoms with Crippen LogP contribution < -0.4 is 5.73 Å². The number of likely N-dealkylation sites (tertiary alicyclic amines) is 2. The Morgan fingerprint density at radius 3 is 2.41 bits per heavy atom. The standard InChI is InChI=1S/C34H46BrClN6O2/c1-22(2)30-21-41(15-16-42(30)31(43)17-23-7-11-40(12-8-23)34(37)44)28-9-13-39(14-10-28)33-29-6-5-27(36)19-24(29)3-4-25-18-26(35)20-38-32(25)33/h5-6,18-20,22-23,28,30,33H,3-4,7-17,21H2,1-2H3,(H2,37,44)/t30-,33?/m0/s1. The fourth-order valence-electron chi connectivity index (χ4n) is 8.06. The first-order chi connectivity index (χ1) is 21.2. The molecular formula is C34H46BrClN6O2. The summed E-state index contributed by atoms with van der Waals surface area (Å²) in [5.41, 5.74) is 10.6. The molecule has 3 saturated heterocycles. The zero-order valence-corrected chi connectivity index (χ0v) is 28.4. The van der Waals surface area contributed by atoms with Gasteiger partial charge in [-0.2, -0.15) is 0 Å². The van der Waals surface area contributed by atoms with Gasteiger partial charge in [0.2, 0.25) is 5.91 Å². The molecule has 4 heterocycles. The van der Waals surface area contributed by atoms with Gasteiger partial charge in [0.1, 0.15) is 0 Å². The summed E-state index contributed by atoms with van der Waals surface area (Å²) in [6, 6.07) is 9.18. The summed E-state index contributed by atoms with van der Waals surface area (Å²) in [6.07, 6.45) is 8.40. The molecule has 0 bridgehead atoms. The molecule has 4 aliphatic rings. The zero-order valence-electron chi connectivity index (χ0n) is 26.1. The van der Waals surface area contributed by atoms with Crippen LogP contribution in [0.25, 0.3) is 0 Å². The Morgan fingerprint density at radius 1 is 0.977 bits per heavy atom. The van der Waals surface area contributed by atoms with Crippen LogP contribution in [0.4, 0.5) is 4.79 Å².